The minimum absolute atomic E-state index is 0.340. The van der Waals surface area contributed by atoms with Crippen molar-refractivity contribution >= 4 is 5.97 Å². The summed E-state index contributed by atoms with van der Waals surface area (Å²) in [4.78, 5) is 10.7. The van der Waals surface area contributed by atoms with Gasteiger partial charge in [-0.05, 0) is 36.6 Å². The van der Waals surface area contributed by atoms with E-state index >= 15 is 0 Å². The SMILES string of the molecule is CC(CN)Cc1cccc(C(=O)O)c1. The number of aromatic carboxylic acids is 1. The van der Waals surface area contributed by atoms with E-state index in [1.165, 1.54) is 0 Å². The van der Waals surface area contributed by atoms with Gasteiger partial charge in [-0.25, -0.2) is 4.79 Å². The average molecular weight is 193 g/mol. The van der Waals surface area contributed by atoms with Crippen molar-refractivity contribution in [3.05, 3.63) is 35.4 Å². The van der Waals surface area contributed by atoms with Crippen molar-refractivity contribution in [2.75, 3.05) is 6.54 Å². The zero-order valence-electron chi connectivity index (χ0n) is 8.23. The van der Waals surface area contributed by atoms with Crippen LogP contribution >= 0.6 is 0 Å². The Hall–Kier alpha value is -1.35. The summed E-state index contributed by atoms with van der Waals surface area (Å²) in [5.41, 5.74) is 6.87. The summed E-state index contributed by atoms with van der Waals surface area (Å²) in [6.07, 6.45) is 0.831. The van der Waals surface area contributed by atoms with E-state index in [1.54, 1.807) is 18.2 Å². The van der Waals surface area contributed by atoms with Gasteiger partial charge in [-0.3, -0.25) is 0 Å². The Morgan fingerprint density at radius 2 is 2.29 bits per heavy atom. The van der Waals surface area contributed by atoms with Crippen LogP contribution < -0.4 is 5.73 Å². The lowest BCUT2D eigenvalue weighted by atomic mass is 10.00. The van der Waals surface area contributed by atoms with E-state index in [1.807, 2.05) is 13.0 Å². The molecule has 0 aliphatic rings. The Balaban J connectivity index is 2.78. The number of hydrogen-bond donors (Lipinski definition) is 2. The molecular weight excluding hydrogens is 178 g/mol. The zero-order chi connectivity index (χ0) is 10.6. The molecule has 3 N–H and O–H groups in total. The Bertz CT molecular complexity index is 323. The van der Waals surface area contributed by atoms with E-state index in [4.69, 9.17) is 10.8 Å². The van der Waals surface area contributed by atoms with Crippen LogP contribution in [0.15, 0.2) is 24.3 Å². The fraction of sp³-hybridized carbons (Fsp3) is 0.364. The van der Waals surface area contributed by atoms with Gasteiger partial charge in [0.2, 0.25) is 0 Å². The van der Waals surface area contributed by atoms with Crippen molar-refractivity contribution in [1.82, 2.24) is 0 Å². The normalized spacial score (nSPS) is 12.4. The van der Waals surface area contributed by atoms with Crippen LogP contribution in [0.5, 0.6) is 0 Å². The molecule has 0 radical (unpaired) electrons. The van der Waals surface area contributed by atoms with E-state index in [-0.39, 0.29) is 0 Å². The van der Waals surface area contributed by atoms with Gasteiger partial charge >= 0.3 is 5.97 Å². The number of hydrogen-bond acceptors (Lipinski definition) is 2. The van der Waals surface area contributed by atoms with Crippen molar-refractivity contribution in [3.63, 3.8) is 0 Å². The van der Waals surface area contributed by atoms with Crippen LogP contribution in [0.4, 0.5) is 0 Å². The summed E-state index contributed by atoms with van der Waals surface area (Å²) in [5.74, 6) is -0.494. The average Bonchev–Trinajstić information content (AvgIpc) is 2.18. The molecule has 0 amide bonds. The van der Waals surface area contributed by atoms with Crippen LogP contribution in [-0.4, -0.2) is 17.6 Å². The largest absolute Gasteiger partial charge is 0.478 e. The standard InChI is InChI=1S/C11H15NO2/c1-8(7-12)5-9-3-2-4-10(6-9)11(13)14/h2-4,6,8H,5,7,12H2,1H3,(H,13,14). The maximum Gasteiger partial charge on any atom is 0.335 e. The first-order chi connectivity index (χ1) is 6.63. The molecule has 1 aromatic carbocycles. The lowest BCUT2D eigenvalue weighted by Gasteiger charge is -2.08. The van der Waals surface area contributed by atoms with Crippen molar-refractivity contribution in [2.45, 2.75) is 13.3 Å². The highest BCUT2D eigenvalue weighted by molar-refractivity contribution is 5.87. The molecule has 0 aromatic heterocycles. The summed E-state index contributed by atoms with van der Waals surface area (Å²) in [6, 6.07) is 6.99. The van der Waals surface area contributed by atoms with Crippen molar-refractivity contribution in [1.29, 1.82) is 0 Å². The van der Waals surface area contributed by atoms with Crippen LogP contribution in [0.1, 0.15) is 22.8 Å². The Labute approximate surface area is 83.6 Å². The highest BCUT2D eigenvalue weighted by atomic mass is 16.4. The molecule has 1 unspecified atom stereocenters. The van der Waals surface area contributed by atoms with Crippen LogP contribution in [0.2, 0.25) is 0 Å². The van der Waals surface area contributed by atoms with Crippen molar-refractivity contribution in [3.8, 4) is 0 Å². The molecule has 1 atom stereocenters. The third-order valence-electron chi connectivity index (χ3n) is 2.16. The summed E-state index contributed by atoms with van der Waals surface area (Å²) in [5, 5.41) is 8.78. The van der Waals surface area contributed by atoms with Crippen LogP contribution in [-0.2, 0) is 6.42 Å². The molecule has 1 rings (SSSR count). The van der Waals surface area contributed by atoms with Crippen LogP contribution in [0.3, 0.4) is 0 Å². The minimum Gasteiger partial charge on any atom is -0.478 e. The highest BCUT2D eigenvalue weighted by Crippen LogP contribution is 2.10. The number of carboxylic acids is 1. The molecule has 3 nitrogen and oxygen atoms in total. The van der Waals surface area contributed by atoms with E-state index in [9.17, 15) is 4.79 Å². The first kappa shape index (κ1) is 10.7. The predicted molar refractivity (Wildman–Crippen MR) is 55.3 cm³/mol. The molecular formula is C11H15NO2. The number of rotatable bonds is 4. The monoisotopic (exact) mass is 193 g/mol. The molecule has 0 saturated carbocycles. The van der Waals surface area contributed by atoms with Crippen molar-refractivity contribution in [2.24, 2.45) is 11.7 Å². The summed E-state index contributed by atoms with van der Waals surface area (Å²) < 4.78 is 0. The molecule has 3 heteroatoms. The Morgan fingerprint density at radius 1 is 1.57 bits per heavy atom. The molecule has 1 aromatic rings. The molecule has 0 fully saturated rings. The minimum atomic E-state index is -0.882. The second-order valence-electron chi connectivity index (χ2n) is 3.55. The lowest BCUT2D eigenvalue weighted by molar-refractivity contribution is 0.0696. The van der Waals surface area contributed by atoms with Gasteiger partial charge in [0.1, 0.15) is 0 Å². The fourth-order valence-electron chi connectivity index (χ4n) is 1.32. The Kier molecular flexibility index (Phi) is 3.65. The summed E-state index contributed by atoms with van der Waals surface area (Å²) in [7, 11) is 0. The Morgan fingerprint density at radius 3 is 2.86 bits per heavy atom. The molecule has 0 spiro atoms. The quantitative estimate of drug-likeness (QED) is 0.762. The van der Waals surface area contributed by atoms with Gasteiger partial charge in [-0.15, -0.1) is 0 Å². The third-order valence-corrected chi connectivity index (χ3v) is 2.16. The molecule has 14 heavy (non-hydrogen) atoms. The smallest absolute Gasteiger partial charge is 0.335 e. The first-order valence-corrected chi connectivity index (χ1v) is 4.65. The van der Waals surface area contributed by atoms with E-state index in [2.05, 4.69) is 0 Å². The van der Waals surface area contributed by atoms with Gasteiger partial charge in [-0.2, -0.15) is 0 Å². The second kappa shape index (κ2) is 4.77. The first-order valence-electron chi connectivity index (χ1n) is 4.65. The van der Waals surface area contributed by atoms with E-state index in [0.717, 1.165) is 12.0 Å². The molecule has 0 saturated heterocycles. The highest BCUT2D eigenvalue weighted by Gasteiger charge is 2.05. The van der Waals surface area contributed by atoms with Gasteiger partial charge in [0.25, 0.3) is 0 Å². The van der Waals surface area contributed by atoms with Crippen LogP contribution in [0, 0.1) is 5.92 Å². The van der Waals surface area contributed by atoms with Crippen molar-refractivity contribution < 1.29 is 9.90 Å². The number of nitrogens with two attached hydrogens (primary N) is 1. The second-order valence-corrected chi connectivity index (χ2v) is 3.55. The van der Waals surface area contributed by atoms with Gasteiger partial charge in [-0.1, -0.05) is 19.1 Å². The number of benzene rings is 1. The number of carboxylic acid groups (broad SMARTS) is 1. The predicted octanol–water partition coefficient (Wildman–Crippen LogP) is 1.52. The maximum atomic E-state index is 10.7. The molecule has 76 valence electrons. The topological polar surface area (TPSA) is 63.3 Å². The number of carbonyl (C=O) groups is 1. The van der Waals surface area contributed by atoms with E-state index in [0.29, 0.717) is 18.0 Å². The summed E-state index contributed by atoms with van der Waals surface area (Å²) in [6.45, 7) is 2.67. The lowest BCUT2D eigenvalue weighted by Crippen LogP contribution is -2.13. The van der Waals surface area contributed by atoms with Crippen LogP contribution in [0.25, 0.3) is 0 Å². The maximum absolute atomic E-state index is 10.7. The molecule has 0 aliphatic carbocycles. The summed E-state index contributed by atoms with van der Waals surface area (Å²) >= 11 is 0. The van der Waals surface area contributed by atoms with Gasteiger partial charge in [0.15, 0.2) is 0 Å². The molecule has 0 bridgehead atoms. The zero-order valence-corrected chi connectivity index (χ0v) is 8.23. The van der Waals surface area contributed by atoms with Gasteiger partial charge in [0.05, 0.1) is 5.56 Å². The van der Waals surface area contributed by atoms with Gasteiger partial charge < -0.3 is 10.8 Å². The van der Waals surface area contributed by atoms with Gasteiger partial charge in [0, 0.05) is 0 Å². The molecule has 0 heterocycles. The van der Waals surface area contributed by atoms with E-state index < -0.39 is 5.97 Å². The fourth-order valence-corrected chi connectivity index (χ4v) is 1.32. The third kappa shape index (κ3) is 2.85. The molecule has 0 aliphatic heterocycles.